The van der Waals surface area contributed by atoms with Gasteiger partial charge in [0.15, 0.2) is 0 Å². The van der Waals surface area contributed by atoms with Crippen molar-refractivity contribution in [2.24, 2.45) is 0 Å². The van der Waals surface area contributed by atoms with Crippen LogP contribution in [0.2, 0.25) is 10.0 Å². The minimum Gasteiger partial charge on any atom is -0.323 e. The van der Waals surface area contributed by atoms with Gasteiger partial charge in [0.2, 0.25) is 5.91 Å². The van der Waals surface area contributed by atoms with Gasteiger partial charge in [0, 0.05) is 15.5 Å². The van der Waals surface area contributed by atoms with Crippen molar-refractivity contribution in [3.63, 3.8) is 0 Å². The number of rotatable bonds is 4. The quantitative estimate of drug-likeness (QED) is 0.326. The van der Waals surface area contributed by atoms with Gasteiger partial charge in [-0.1, -0.05) is 47.0 Å². The Kier molecular flexibility index (Phi) is 6.23. The highest BCUT2D eigenvalue weighted by molar-refractivity contribution is 7.18. The summed E-state index contributed by atoms with van der Waals surface area (Å²) in [5.74, 6) is 0.116. The van der Waals surface area contributed by atoms with E-state index in [9.17, 15) is 9.59 Å². The molecule has 0 bridgehead atoms. The topological polar surface area (TPSA) is 64.0 Å². The molecule has 0 spiro atoms. The fourth-order valence-electron chi connectivity index (χ4n) is 4.51. The molecule has 2 aromatic carbocycles. The SMILES string of the molecule is Cc1cccc(-c2nc3sc4c(c3c(=O)n2C(C)C(=O)Nc2cc(Cl)ccc2Cl)CCCC4)c1. The summed E-state index contributed by atoms with van der Waals surface area (Å²) < 4.78 is 1.52. The van der Waals surface area contributed by atoms with Crippen LogP contribution < -0.4 is 10.9 Å². The van der Waals surface area contributed by atoms with E-state index in [-0.39, 0.29) is 11.5 Å². The van der Waals surface area contributed by atoms with Crippen molar-refractivity contribution >= 4 is 56.3 Å². The molecule has 34 heavy (non-hydrogen) atoms. The van der Waals surface area contributed by atoms with Gasteiger partial charge < -0.3 is 5.32 Å². The number of amides is 1. The first kappa shape index (κ1) is 23.1. The summed E-state index contributed by atoms with van der Waals surface area (Å²) in [7, 11) is 0. The molecule has 1 N–H and O–H groups in total. The number of hydrogen-bond acceptors (Lipinski definition) is 4. The molecule has 0 aliphatic heterocycles. The molecule has 0 fully saturated rings. The zero-order valence-corrected chi connectivity index (χ0v) is 21.2. The molecule has 1 amide bonds. The number of aromatic nitrogens is 2. The van der Waals surface area contributed by atoms with E-state index in [1.165, 1.54) is 9.44 Å². The first-order valence-electron chi connectivity index (χ1n) is 11.2. The summed E-state index contributed by atoms with van der Waals surface area (Å²) in [6, 6.07) is 11.9. The summed E-state index contributed by atoms with van der Waals surface area (Å²) in [5, 5.41) is 4.31. The molecule has 8 heteroatoms. The molecular formula is C26H23Cl2N3O2S. The first-order valence-corrected chi connectivity index (χ1v) is 12.8. The molecule has 2 heterocycles. The van der Waals surface area contributed by atoms with Crippen LogP contribution in [0.5, 0.6) is 0 Å². The largest absolute Gasteiger partial charge is 0.323 e. The Morgan fingerprint density at radius 3 is 2.74 bits per heavy atom. The van der Waals surface area contributed by atoms with Crippen LogP contribution in [0, 0.1) is 6.92 Å². The molecule has 1 atom stereocenters. The molecule has 5 rings (SSSR count). The van der Waals surface area contributed by atoms with Crippen molar-refractivity contribution in [2.45, 2.75) is 45.6 Å². The van der Waals surface area contributed by atoms with Gasteiger partial charge in [-0.05, 0) is 69.4 Å². The maximum absolute atomic E-state index is 14.0. The summed E-state index contributed by atoms with van der Waals surface area (Å²) in [4.78, 5) is 34.2. The molecule has 174 valence electrons. The van der Waals surface area contributed by atoms with E-state index in [1.54, 1.807) is 36.5 Å². The average Bonchev–Trinajstić information content (AvgIpc) is 3.19. The molecule has 0 radical (unpaired) electrons. The summed E-state index contributed by atoms with van der Waals surface area (Å²) in [6.07, 6.45) is 4.02. The standard InChI is InChI=1S/C26H23Cl2N3O2S/c1-14-6-5-7-16(12-14)23-30-25-22(18-8-3-4-9-21(18)34-25)26(33)31(23)15(2)24(32)29-20-13-17(27)10-11-19(20)28/h5-7,10-13,15H,3-4,8-9H2,1-2H3,(H,29,32). The predicted octanol–water partition coefficient (Wildman–Crippen LogP) is 6.82. The Morgan fingerprint density at radius 1 is 1.15 bits per heavy atom. The third-order valence-electron chi connectivity index (χ3n) is 6.25. The third kappa shape index (κ3) is 4.15. The molecule has 1 aliphatic carbocycles. The lowest BCUT2D eigenvalue weighted by atomic mass is 9.97. The van der Waals surface area contributed by atoms with Crippen LogP contribution in [-0.2, 0) is 17.6 Å². The fraction of sp³-hybridized carbons (Fsp3) is 0.269. The van der Waals surface area contributed by atoms with Crippen molar-refractivity contribution in [2.75, 3.05) is 5.32 Å². The number of hydrogen-bond donors (Lipinski definition) is 1. The van der Waals surface area contributed by atoms with Gasteiger partial charge >= 0.3 is 0 Å². The van der Waals surface area contributed by atoms with Crippen LogP contribution in [-0.4, -0.2) is 15.5 Å². The zero-order chi connectivity index (χ0) is 24.0. The first-order chi connectivity index (χ1) is 16.3. The van der Waals surface area contributed by atoms with Crippen molar-refractivity contribution in [3.8, 4) is 11.4 Å². The molecule has 5 nitrogen and oxygen atoms in total. The van der Waals surface area contributed by atoms with Gasteiger partial charge in [0.1, 0.15) is 16.7 Å². The summed E-state index contributed by atoms with van der Waals surface area (Å²) in [5.41, 5.74) is 3.16. The number of anilines is 1. The number of thiophene rings is 1. The van der Waals surface area contributed by atoms with Gasteiger partial charge in [-0.25, -0.2) is 4.98 Å². The minimum absolute atomic E-state index is 0.180. The number of carbonyl (C=O) groups is 1. The van der Waals surface area contributed by atoms with Crippen LogP contribution >= 0.6 is 34.5 Å². The molecule has 4 aromatic rings. The van der Waals surface area contributed by atoms with E-state index in [0.29, 0.717) is 26.9 Å². The Morgan fingerprint density at radius 2 is 1.94 bits per heavy atom. The van der Waals surface area contributed by atoms with E-state index in [4.69, 9.17) is 28.2 Å². The highest BCUT2D eigenvalue weighted by Gasteiger charge is 2.27. The van der Waals surface area contributed by atoms with Crippen molar-refractivity contribution < 1.29 is 4.79 Å². The summed E-state index contributed by atoms with van der Waals surface area (Å²) >= 11 is 14.0. The predicted molar refractivity (Wildman–Crippen MR) is 140 cm³/mol. The van der Waals surface area contributed by atoms with E-state index in [0.717, 1.165) is 47.2 Å². The van der Waals surface area contributed by atoms with Gasteiger partial charge in [-0.2, -0.15) is 0 Å². The lowest BCUT2D eigenvalue weighted by Crippen LogP contribution is -2.33. The van der Waals surface area contributed by atoms with Crippen LogP contribution in [0.25, 0.3) is 21.6 Å². The van der Waals surface area contributed by atoms with E-state index in [2.05, 4.69) is 5.32 Å². The minimum atomic E-state index is -0.825. The Hall–Kier alpha value is -2.67. The molecule has 0 saturated carbocycles. The highest BCUT2D eigenvalue weighted by Crippen LogP contribution is 2.35. The molecule has 1 aliphatic rings. The Bertz CT molecular complexity index is 1490. The lowest BCUT2D eigenvalue weighted by molar-refractivity contribution is -0.118. The van der Waals surface area contributed by atoms with Crippen LogP contribution in [0.1, 0.15) is 41.8 Å². The number of nitrogens with one attached hydrogen (secondary N) is 1. The second kappa shape index (κ2) is 9.17. The van der Waals surface area contributed by atoms with Crippen molar-refractivity contribution in [1.29, 1.82) is 0 Å². The molecule has 0 saturated heterocycles. The number of halogens is 2. The Balaban J connectivity index is 1.68. The highest BCUT2D eigenvalue weighted by atomic mass is 35.5. The number of carbonyl (C=O) groups excluding carboxylic acids is 1. The fourth-order valence-corrected chi connectivity index (χ4v) is 6.10. The number of benzene rings is 2. The van der Waals surface area contributed by atoms with Crippen LogP contribution in [0.3, 0.4) is 0 Å². The van der Waals surface area contributed by atoms with Crippen LogP contribution in [0.4, 0.5) is 5.69 Å². The van der Waals surface area contributed by atoms with E-state index < -0.39 is 6.04 Å². The van der Waals surface area contributed by atoms with Gasteiger partial charge in [-0.15, -0.1) is 11.3 Å². The third-order valence-corrected chi connectivity index (χ3v) is 8.00. The van der Waals surface area contributed by atoms with Crippen molar-refractivity contribution in [3.05, 3.63) is 78.9 Å². The summed E-state index contributed by atoms with van der Waals surface area (Å²) in [6.45, 7) is 3.70. The Labute approximate surface area is 211 Å². The average molecular weight is 512 g/mol. The molecule has 1 unspecified atom stereocenters. The maximum atomic E-state index is 14.0. The molecule has 2 aromatic heterocycles. The lowest BCUT2D eigenvalue weighted by Gasteiger charge is -2.20. The number of aryl methyl sites for hydroxylation is 3. The molecular weight excluding hydrogens is 489 g/mol. The van der Waals surface area contributed by atoms with Crippen molar-refractivity contribution in [1.82, 2.24) is 9.55 Å². The smallest absolute Gasteiger partial charge is 0.263 e. The zero-order valence-electron chi connectivity index (χ0n) is 18.8. The normalized spacial score (nSPS) is 14.1. The van der Waals surface area contributed by atoms with Crippen LogP contribution in [0.15, 0.2) is 47.3 Å². The van der Waals surface area contributed by atoms with E-state index >= 15 is 0 Å². The van der Waals surface area contributed by atoms with E-state index in [1.807, 2.05) is 31.2 Å². The van der Waals surface area contributed by atoms with Gasteiger partial charge in [0.05, 0.1) is 16.1 Å². The monoisotopic (exact) mass is 511 g/mol. The number of fused-ring (bicyclic) bond motifs is 3. The van der Waals surface area contributed by atoms with Gasteiger partial charge in [0.25, 0.3) is 5.56 Å². The van der Waals surface area contributed by atoms with Gasteiger partial charge in [-0.3, -0.25) is 14.2 Å². The maximum Gasteiger partial charge on any atom is 0.263 e. The second-order valence-corrected chi connectivity index (χ2v) is 10.6. The second-order valence-electron chi connectivity index (χ2n) is 8.66. The number of nitrogens with zero attached hydrogens (tertiary/aromatic N) is 2.